The second-order valence-electron chi connectivity index (χ2n) is 8.62. The molecule has 3 aromatic rings. The molecule has 0 saturated carbocycles. The predicted octanol–water partition coefficient (Wildman–Crippen LogP) is 7.03. The molecule has 0 aliphatic carbocycles. The molecule has 0 bridgehead atoms. The summed E-state index contributed by atoms with van der Waals surface area (Å²) in [5.41, 5.74) is 1.34. The molecule has 3 aromatic carbocycles. The van der Waals surface area contributed by atoms with E-state index in [4.69, 9.17) is 67.5 Å². The normalized spacial score (nSPS) is 18.6. The lowest BCUT2D eigenvalue weighted by Gasteiger charge is -2.50. The number of hydrogen-bond acceptors (Lipinski definition) is 5. The number of halogens is 5. The summed E-state index contributed by atoms with van der Waals surface area (Å²) in [6.45, 7) is 1.82. The molecule has 2 heterocycles. The van der Waals surface area contributed by atoms with Crippen molar-refractivity contribution in [1.82, 2.24) is 4.90 Å². The van der Waals surface area contributed by atoms with Gasteiger partial charge in [-0.1, -0.05) is 64.1 Å². The van der Waals surface area contributed by atoms with Gasteiger partial charge in [0.15, 0.2) is 0 Å². The van der Waals surface area contributed by atoms with Crippen LogP contribution in [0.25, 0.3) is 0 Å². The molecule has 0 spiro atoms. The van der Waals surface area contributed by atoms with Crippen LogP contribution in [-0.2, 0) is 4.79 Å². The van der Waals surface area contributed by atoms with Gasteiger partial charge < -0.3 is 9.47 Å². The summed E-state index contributed by atoms with van der Waals surface area (Å²) in [7, 11) is 2.97. The number of aryl methyl sites for hydroxylation is 1. The van der Waals surface area contributed by atoms with Crippen molar-refractivity contribution in [1.29, 1.82) is 0 Å². The number of carbonyl (C=O) groups excluding carboxylic acids is 3. The Morgan fingerprint density at radius 1 is 0.711 bits per heavy atom. The first-order valence-corrected chi connectivity index (χ1v) is 13.0. The van der Waals surface area contributed by atoms with Gasteiger partial charge in [-0.25, -0.2) is 0 Å². The third-order valence-electron chi connectivity index (χ3n) is 6.66. The van der Waals surface area contributed by atoms with E-state index in [1.807, 2.05) is 6.92 Å². The molecule has 0 N–H and O–H groups in total. The lowest BCUT2D eigenvalue weighted by Crippen LogP contribution is -2.67. The van der Waals surface area contributed by atoms with E-state index in [-0.39, 0.29) is 31.2 Å². The lowest BCUT2D eigenvalue weighted by molar-refractivity contribution is -0.130. The van der Waals surface area contributed by atoms with Gasteiger partial charge in [-0.05, 0) is 42.8 Å². The summed E-state index contributed by atoms with van der Waals surface area (Å²) in [6, 6.07) is 8.02. The Balaban J connectivity index is 1.71. The van der Waals surface area contributed by atoms with Crippen molar-refractivity contribution >= 4 is 81.4 Å². The number of anilines is 1. The molecule has 2 aliphatic rings. The van der Waals surface area contributed by atoms with Crippen molar-refractivity contribution in [2.24, 2.45) is 0 Å². The van der Waals surface area contributed by atoms with Crippen LogP contribution in [0.2, 0.25) is 25.1 Å². The van der Waals surface area contributed by atoms with Crippen molar-refractivity contribution in [3.05, 3.63) is 83.8 Å². The highest BCUT2D eigenvalue weighted by atomic mass is 35.5. The fraction of sp³-hybridized carbons (Fsp3) is 0.192. The predicted molar refractivity (Wildman–Crippen MR) is 147 cm³/mol. The van der Waals surface area contributed by atoms with Gasteiger partial charge in [0.1, 0.15) is 17.5 Å². The highest BCUT2D eigenvalue weighted by molar-refractivity contribution is 6.55. The number of imide groups is 1. The Morgan fingerprint density at radius 2 is 1.32 bits per heavy atom. The number of rotatable bonds is 5. The molecular formula is C26H17Cl5N2O5. The van der Waals surface area contributed by atoms with Gasteiger partial charge in [-0.2, -0.15) is 0 Å². The van der Waals surface area contributed by atoms with Gasteiger partial charge in [0, 0.05) is 16.3 Å². The van der Waals surface area contributed by atoms with Crippen molar-refractivity contribution < 1.29 is 23.9 Å². The van der Waals surface area contributed by atoms with Crippen molar-refractivity contribution in [3.8, 4) is 11.5 Å². The van der Waals surface area contributed by atoms with E-state index in [9.17, 15) is 14.4 Å². The molecule has 3 amide bonds. The fourth-order valence-electron chi connectivity index (χ4n) is 4.83. The molecule has 2 aliphatic heterocycles. The maximum atomic E-state index is 13.8. The molecular weight excluding hydrogens is 598 g/mol. The SMILES string of the molecule is COc1ccc(OC)c([C@H]2[C@@H](N3C(=O)c4c(Cl)c(Cl)c(Cl)c(Cl)c4C3=O)C(=O)N2c2cc(Cl)ccc2C)c1. The molecule has 0 aromatic heterocycles. The van der Waals surface area contributed by atoms with Crippen molar-refractivity contribution in [2.75, 3.05) is 19.1 Å². The number of benzene rings is 3. The van der Waals surface area contributed by atoms with Crippen LogP contribution in [0.15, 0.2) is 36.4 Å². The van der Waals surface area contributed by atoms with Gasteiger partial charge in [0.25, 0.3) is 17.7 Å². The van der Waals surface area contributed by atoms with E-state index in [0.717, 1.165) is 10.5 Å². The first kappa shape index (κ1) is 26.9. The van der Waals surface area contributed by atoms with Gasteiger partial charge >= 0.3 is 0 Å². The standard InChI is InChI=1S/C26H17Cl5N2O5/c1-10-4-5-11(27)8-14(10)32-22(13-9-12(37-2)6-7-15(13)38-3)23(26(32)36)33-24(34)16-17(25(33)35)19(29)21(31)20(30)18(16)28/h4-9,22-23H,1-3H3/t22-,23+/m0/s1. The fourth-order valence-corrected chi connectivity index (χ4v) is 6.02. The molecule has 1 fully saturated rings. The van der Waals surface area contributed by atoms with E-state index < -0.39 is 29.8 Å². The monoisotopic (exact) mass is 612 g/mol. The van der Waals surface area contributed by atoms with Crippen LogP contribution in [0.5, 0.6) is 11.5 Å². The lowest BCUT2D eigenvalue weighted by atomic mass is 9.85. The number of ether oxygens (including phenoxy) is 2. The molecule has 5 rings (SSSR count). The minimum absolute atomic E-state index is 0.165. The molecule has 0 radical (unpaired) electrons. The van der Waals surface area contributed by atoms with Gasteiger partial charge in [-0.15, -0.1) is 0 Å². The van der Waals surface area contributed by atoms with E-state index in [0.29, 0.717) is 27.8 Å². The van der Waals surface area contributed by atoms with Crippen LogP contribution in [-0.4, -0.2) is 42.9 Å². The number of methoxy groups -OCH3 is 2. The molecule has 12 heteroatoms. The average Bonchev–Trinajstić information content (AvgIpc) is 3.16. The quantitative estimate of drug-likeness (QED) is 0.134. The summed E-state index contributed by atoms with van der Waals surface area (Å²) in [5, 5.41) is -0.366. The largest absolute Gasteiger partial charge is 0.497 e. The Hall–Kier alpha value is -2.68. The van der Waals surface area contributed by atoms with Crippen molar-refractivity contribution in [3.63, 3.8) is 0 Å². The number of carbonyl (C=O) groups is 3. The van der Waals surface area contributed by atoms with Crippen LogP contribution in [0.4, 0.5) is 5.69 Å². The minimum atomic E-state index is -1.27. The van der Waals surface area contributed by atoms with Gasteiger partial charge in [0.05, 0.1) is 51.5 Å². The summed E-state index contributed by atoms with van der Waals surface area (Å²) in [5.74, 6) is -1.26. The number of fused-ring (bicyclic) bond motifs is 1. The van der Waals surface area contributed by atoms with Crippen LogP contribution < -0.4 is 14.4 Å². The van der Waals surface area contributed by atoms with E-state index >= 15 is 0 Å². The maximum absolute atomic E-state index is 13.8. The number of nitrogens with zero attached hydrogens (tertiary/aromatic N) is 2. The minimum Gasteiger partial charge on any atom is -0.497 e. The molecule has 7 nitrogen and oxygen atoms in total. The summed E-state index contributed by atoms with van der Waals surface area (Å²) in [4.78, 5) is 43.5. The summed E-state index contributed by atoms with van der Waals surface area (Å²) >= 11 is 31.3. The zero-order chi connectivity index (χ0) is 27.6. The van der Waals surface area contributed by atoms with E-state index in [1.165, 1.54) is 19.1 Å². The average molecular weight is 615 g/mol. The number of amides is 3. The van der Waals surface area contributed by atoms with Crippen LogP contribution in [0, 0.1) is 6.92 Å². The Labute approximate surface area is 242 Å². The zero-order valence-electron chi connectivity index (χ0n) is 19.9. The van der Waals surface area contributed by atoms with Crippen LogP contribution in [0.1, 0.15) is 37.9 Å². The highest BCUT2D eigenvalue weighted by Gasteiger charge is 2.59. The Bertz CT molecular complexity index is 1510. The third kappa shape index (κ3) is 3.83. The molecule has 38 heavy (non-hydrogen) atoms. The Kier molecular flexibility index (Phi) is 6.95. The smallest absolute Gasteiger partial charge is 0.264 e. The second kappa shape index (κ2) is 9.81. The molecule has 1 saturated heterocycles. The zero-order valence-corrected chi connectivity index (χ0v) is 23.7. The molecule has 2 atom stereocenters. The Morgan fingerprint density at radius 3 is 1.87 bits per heavy atom. The molecule has 196 valence electrons. The van der Waals surface area contributed by atoms with Gasteiger partial charge in [0.2, 0.25) is 0 Å². The van der Waals surface area contributed by atoms with Crippen LogP contribution >= 0.6 is 58.0 Å². The summed E-state index contributed by atoms with van der Waals surface area (Å²) in [6.07, 6.45) is 0. The second-order valence-corrected chi connectivity index (χ2v) is 10.6. The first-order valence-electron chi connectivity index (χ1n) is 11.1. The maximum Gasteiger partial charge on any atom is 0.264 e. The highest BCUT2D eigenvalue weighted by Crippen LogP contribution is 2.51. The molecule has 0 unspecified atom stereocenters. The summed E-state index contributed by atoms with van der Waals surface area (Å²) < 4.78 is 11.0. The van der Waals surface area contributed by atoms with Crippen molar-refractivity contribution in [2.45, 2.75) is 19.0 Å². The van der Waals surface area contributed by atoms with E-state index in [2.05, 4.69) is 0 Å². The first-order chi connectivity index (χ1) is 18.0. The topological polar surface area (TPSA) is 76.1 Å². The van der Waals surface area contributed by atoms with Crippen LogP contribution in [0.3, 0.4) is 0 Å². The third-order valence-corrected chi connectivity index (χ3v) is 8.70. The number of hydrogen-bond donors (Lipinski definition) is 0. The van der Waals surface area contributed by atoms with Gasteiger partial charge in [-0.3, -0.25) is 24.2 Å². The number of β-lactam (4-membered cyclic amide) rings is 1. The van der Waals surface area contributed by atoms with E-state index in [1.54, 1.807) is 36.4 Å².